The Morgan fingerprint density at radius 3 is 2.93 bits per heavy atom. The Morgan fingerprint density at radius 1 is 1.53 bits per heavy atom. The topological polar surface area (TPSA) is 75.6 Å². The minimum Gasteiger partial charge on any atom is -0.478 e. The molecule has 1 aromatic rings. The maximum atomic E-state index is 13.3. The molecule has 0 fully saturated rings. The molecule has 2 rings (SSSR count). The van der Waals surface area contributed by atoms with Crippen molar-refractivity contribution in [3.05, 3.63) is 23.5 Å². The van der Waals surface area contributed by atoms with E-state index in [2.05, 4.69) is 5.32 Å². The Kier molecular flexibility index (Phi) is 2.03. The summed E-state index contributed by atoms with van der Waals surface area (Å²) in [4.78, 5) is 21.5. The van der Waals surface area contributed by atoms with E-state index < -0.39 is 17.7 Å². The molecule has 78 valence electrons. The number of hydrogen-bond donors (Lipinski definition) is 2. The van der Waals surface area contributed by atoms with Crippen molar-refractivity contribution in [3.63, 3.8) is 0 Å². The van der Waals surface area contributed by atoms with E-state index in [9.17, 15) is 14.0 Å². The number of halogens is 1. The first-order chi connectivity index (χ1) is 7.08. The number of anilines is 1. The van der Waals surface area contributed by atoms with Crippen molar-refractivity contribution in [2.45, 2.75) is 0 Å². The summed E-state index contributed by atoms with van der Waals surface area (Å²) in [7, 11) is 0. The van der Waals surface area contributed by atoms with Crippen molar-refractivity contribution in [2.75, 3.05) is 11.9 Å². The van der Waals surface area contributed by atoms with Gasteiger partial charge in [-0.15, -0.1) is 0 Å². The molecular formula is C9H6FNO4. The maximum absolute atomic E-state index is 13.3. The molecule has 2 N–H and O–H groups in total. The van der Waals surface area contributed by atoms with Crippen molar-refractivity contribution in [1.29, 1.82) is 0 Å². The highest BCUT2D eigenvalue weighted by Gasteiger charge is 2.21. The number of carboxylic acid groups (broad SMARTS) is 1. The summed E-state index contributed by atoms with van der Waals surface area (Å²) in [5, 5.41) is 11.0. The number of fused-ring (bicyclic) bond motifs is 1. The highest BCUT2D eigenvalue weighted by atomic mass is 19.1. The molecule has 0 radical (unpaired) electrons. The predicted octanol–water partition coefficient (Wildman–Crippen LogP) is 0.855. The first-order valence-electron chi connectivity index (χ1n) is 4.07. The monoisotopic (exact) mass is 211 g/mol. The van der Waals surface area contributed by atoms with Gasteiger partial charge in [0, 0.05) is 0 Å². The second-order valence-corrected chi connectivity index (χ2v) is 2.98. The van der Waals surface area contributed by atoms with E-state index in [4.69, 9.17) is 9.84 Å². The molecule has 1 aliphatic heterocycles. The molecule has 0 spiro atoms. The molecule has 0 atom stereocenters. The lowest BCUT2D eigenvalue weighted by Crippen LogP contribution is -2.26. The molecule has 1 aliphatic rings. The third-order valence-corrected chi connectivity index (χ3v) is 1.91. The Hall–Kier alpha value is -2.11. The summed E-state index contributed by atoms with van der Waals surface area (Å²) < 4.78 is 18.1. The van der Waals surface area contributed by atoms with Crippen LogP contribution in [-0.2, 0) is 4.79 Å². The zero-order valence-corrected chi connectivity index (χ0v) is 7.41. The standard InChI is InChI=1S/C9H6FNO4/c10-5-1-4(9(13)14)2-6-8(5)15-3-7(12)11-6/h1-2H,3H2,(H,11,12)(H,13,14). The minimum atomic E-state index is -1.27. The first kappa shape index (κ1) is 9.45. The number of carbonyl (C=O) groups excluding carboxylic acids is 1. The molecule has 5 nitrogen and oxygen atoms in total. The van der Waals surface area contributed by atoms with Gasteiger partial charge < -0.3 is 15.2 Å². The van der Waals surface area contributed by atoms with Crippen LogP contribution in [0.15, 0.2) is 12.1 Å². The molecule has 0 saturated heterocycles. The van der Waals surface area contributed by atoms with E-state index in [0.717, 1.165) is 12.1 Å². The number of hydrogen-bond acceptors (Lipinski definition) is 3. The van der Waals surface area contributed by atoms with E-state index in [1.807, 2.05) is 0 Å². The van der Waals surface area contributed by atoms with Crippen molar-refractivity contribution in [1.82, 2.24) is 0 Å². The van der Waals surface area contributed by atoms with Gasteiger partial charge in [0.15, 0.2) is 18.2 Å². The second kappa shape index (κ2) is 3.23. The SMILES string of the molecule is O=C1COc2c(F)cc(C(=O)O)cc2N1. The normalized spacial score (nSPS) is 13.8. The average molecular weight is 211 g/mol. The lowest BCUT2D eigenvalue weighted by atomic mass is 10.1. The van der Waals surface area contributed by atoms with Crippen LogP contribution in [0.25, 0.3) is 0 Å². The number of carbonyl (C=O) groups is 2. The lowest BCUT2D eigenvalue weighted by molar-refractivity contribution is -0.118. The van der Waals surface area contributed by atoms with E-state index in [-0.39, 0.29) is 23.6 Å². The summed E-state index contributed by atoms with van der Waals surface area (Å²) in [6.45, 7) is -0.268. The molecule has 1 aromatic carbocycles. The van der Waals surface area contributed by atoms with Gasteiger partial charge in [-0.2, -0.15) is 0 Å². The summed E-state index contributed by atoms with van der Waals surface area (Å²) in [5.41, 5.74) is -0.194. The van der Waals surface area contributed by atoms with Gasteiger partial charge in [0.25, 0.3) is 5.91 Å². The third-order valence-electron chi connectivity index (χ3n) is 1.91. The van der Waals surface area contributed by atoms with Crippen molar-refractivity contribution in [3.8, 4) is 5.75 Å². The highest BCUT2D eigenvalue weighted by molar-refractivity contribution is 5.97. The van der Waals surface area contributed by atoms with Gasteiger partial charge in [-0.05, 0) is 12.1 Å². The van der Waals surface area contributed by atoms with Crippen LogP contribution in [0.4, 0.5) is 10.1 Å². The van der Waals surface area contributed by atoms with Crippen LogP contribution in [0.2, 0.25) is 0 Å². The molecule has 0 saturated carbocycles. The predicted molar refractivity (Wildman–Crippen MR) is 47.5 cm³/mol. The fourth-order valence-corrected chi connectivity index (χ4v) is 1.28. The van der Waals surface area contributed by atoms with E-state index >= 15 is 0 Å². The van der Waals surface area contributed by atoms with Gasteiger partial charge in [-0.1, -0.05) is 0 Å². The van der Waals surface area contributed by atoms with Crippen LogP contribution in [0.3, 0.4) is 0 Å². The zero-order chi connectivity index (χ0) is 11.0. The van der Waals surface area contributed by atoms with Gasteiger partial charge in [0.2, 0.25) is 0 Å². The Labute approximate surface area is 83.5 Å². The number of ether oxygens (including phenoxy) is 1. The molecule has 6 heteroatoms. The van der Waals surface area contributed by atoms with Crippen molar-refractivity contribution in [2.24, 2.45) is 0 Å². The quantitative estimate of drug-likeness (QED) is 0.722. The average Bonchev–Trinajstić information content (AvgIpc) is 2.16. The molecule has 15 heavy (non-hydrogen) atoms. The fraction of sp³-hybridized carbons (Fsp3) is 0.111. The fourth-order valence-electron chi connectivity index (χ4n) is 1.28. The van der Waals surface area contributed by atoms with Crippen LogP contribution < -0.4 is 10.1 Å². The number of carboxylic acids is 1. The second-order valence-electron chi connectivity index (χ2n) is 2.98. The molecule has 1 amide bonds. The Balaban J connectivity index is 2.53. The number of nitrogens with one attached hydrogen (secondary N) is 1. The van der Waals surface area contributed by atoms with Crippen LogP contribution in [0.5, 0.6) is 5.75 Å². The Bertz CT molecular complexity index is 458. The summed E-state index contributed by atoms with van der Waals surface area (Å²) in [6.07, 6.45) is 0. The van der Waals surface area contributed by atoms with Gasteiger partial charge in [-0.3, -0.25) is 4.79 Å². The van der Waals surface area contributed by atoms with Crippen LogP contribution in [-0.4, -0.2) is 23.6 Å². The maximum Gasteiger partial charge on any atom is 0.335 e. The van der Waals surface area contributed by atoms with Crippen LogP contribution >= 0.6 is 0 Å². The summed E-state index contributed by atoms with van der Waals surface area (Å²) >= 11 is 0. The minimum absolute atomic E-state index is 0.0450. The number of amides is 1. The highest BCUT2D eigenvalue weighted by Crippen LogP contribution is 2.31. The van der Waals surface area contributed by atoms with E-state index in [1.165, 1.54) is 0 Å². The summed E-state index contributed by atoms with van der Waals surface area (Å²) in [6, 6.07) is 2.00. The molecule has 0 bridgehead atoms. The smallest absolute Gasteiger partial charge is 0.335 e. The molecule has 0 unspecified atom stereocenters. The van der Waals surface area contributed by atoms with Gasteiger partial charge >= 0.3 is 5.97 Å². The third kappa shape index (κ3) is 1.61. The molecule has 1 heterocycles. The van der Waals surface area contributed by atoms with Crippen molar-refractivity contribution >= 4 is 17.6 Å². The van der Waals surface area contributed by atoms with E-state index in [1.54, 1.807) is 0 Å². The number of rotatable bonds is 1. The van der Waals surface area contributed by atoms with Crippen LogP contribution in [0.1, 0.15) is 10.4 Å². The van der Waals surface area contributed by atoms with Gasteiger partial charge in [0.05, 0.1) is 11.3 Å². The first-order valence-corrected chi connectivity index (χ1v) is 4.07. The Morgan fingerprint density at radius 2 is 2.27 bits per heavy atom. The number of aromatic carboxylic acids is 1. The largest absolute Gasteiger partial charge is 0.478 e. The molecule has 0 aromatic heterocycles. The number of benzene rings is 1. The molecular weight excluding hydrogens is 205 g/mol. The van der Waals surface area contributed by atoms with Crippen molar-refractivity contribution < 1.29 is 23.8 Å². The zero-order valence-electron chi connectivity index (χ0n) is 7.41. The van der Waals surface area contributed by atoms with Gasteiger partial charge in [-0.25, -0.2) is 9.18 Å². The van der Waals surface area contributed by atoms with Crippen LogP contribution in [0, 0.1) is 5.82 Å². The van der Waals surface area contributed by atoms with Gasteiger partial charge in [0.1, 0.15) is 0 Å². The molecule has 0 aliphatic carbocycles. The lowest BCUT2D eigenvalue weighted by Gasteiger charge is -2.18. The summed E-state index contributed by atoms with van der Waals surface area (Å²) in [5.74, 6) is -2.63. The van der Waals surface area contributed by atoms with E-state index in [0.29, 0.717) is 0 Å².